The van der Waals surface area contributed by atoms with Crippen LogP contribution in [-0.2, 0) is 0 Å². The van der Waals surface area contributed by atoms with Crippen molar-refractivity contribution in [2.24, 2.45) is 0 Å². The van der Waals surface area contributed by atoms with Gasteiger partial charge in [-0.15, -0.1) is 0 Å². The summed E-state index contributed by atoms with van der Waals surface area (Å²) in [5.41, 5.74) is 7.09. The number of hydrogen-bond donors (Lipinski definition) is 2. The van der Waals surface area contributed by atoms with Crippen molar-refractivity contribution in [3.8, 4) is 0 Å². The minimum atomic E-state index is 0.390. The van der Waals surface area contributed by atoms with Crippen LogP contribution in [-0.4, -0.2) is 19.9 Å². The number of nitrogen functional groups attached to an aromatic ring is 1. The maximum atomic E-state index is 5.82. The van der Waals surface area contributed by atoms with E-state index in [-0.39, 0.29) is 0 Å². The van der Waals surface area contributed by atoms with Gasteiger partial charge in [0, 0.05) is 8.47 Å². The van der Waals surface area contributed by atoms with Gasteiger partial charge < -0.3 is 10.7 Å². The van der Waals surface area contributed by atoms with Crippen LogP contribution in [0.1, 0.15) is 0 Å². The number of benzene rings is 2. The average Bonchev–Trinajstić information content (AvgIpc) is 2.92. The number of halogens is 1. The summed E-state index contributed by atoms with van der Waals surface area (Å²) in [4.78, 5) is 16.9. The van der Waals surface area contributed by atoms with Crippen LogP contribution in [0.2, 0.25) is 0 Å². The fourth-order valence-corrected chi connectivity index (χ4v) is 3.90. The second-order valence-corrected chi connectivity index (χ2v) is 6.92. The summed E-state index contributed by atoms with van der Waals surface area (Å²) in [7, 11) is 0. The number of fused-ring (bicyclic) bond motifs is 2. The molecule has 0 unspecified atom stereocenters. The molecule has 0 aliphatic rings. The van der Waals surface area contributed by atoms with Gasteiger partial charge in [0.25, 0.3) is 0 Å². The molecule has 4 rings (SSSR count). The van der Waals surface area contributed by atoms with Crippen LogP contribution in [0.25, 0.3) is 21.9 Å². The van der Waals surface area contributed by atoms with Crippen molar-refractivity contribution in [3.63, 3.8) is 0 Å². The molecule has 0 fully saturated rings. The van der Waals surface area contributed by atoms with Crippen molar-refractivity contribution in [1.29, 1.82) is 0 Å². The van der Waals surface area contributed by atoms with Crippen molar-refractivity contribution in [2.75, 3.05) is 5.73 Å². The summed E-state index contributed by atoms with van der Waals surface area (Å²) >= 11 is 3.91. The van der Waals surface area contributed by atoms with E-state index in [1.807, 2.05) is 12.1 Å². The Morgan fingerprint density at radius 1 is 1.09 bits per heavy atom. The number of nitrogens with two attached hydrogens (primary N) is 1. The van der Waals surface area contributed by atoms with E-state index in [1.54, 1.807) is 11.8 Å². The predicted molar refractivity (Wildman–Crippen MR) is 96.9 cm³/mol. The Morgan fingerprint density at radius 2 is 1.86 bits per heavy atom. The van der Waals surface area contributed by atoms with Gasteiger partial charge in [0.1, 0.15) is 6.33 Å². The lowest BCUT2D eigenvalue weighted by atomic mass is 10.1. The van der Waals surface area contributed by atoms with Crippen LogP contribution in [0.4, 0.5) is 5.82 Å². The first-order valence-corrected chi connectivity index (χ1v) is 8.42. The van der Waals surface area contributed by atoms with Crippen LogP contribution in [0.3, 0.4) is 0 Å². The Kier molecular flexibility index (Phi) is 3.38. The third-order valence-electron chi connectivity index (χ3n) is 3.30. The van der Waals surface area contributed by atoms with Gasteiger partial charge in [0.15, 0.2) is 22.1 Å². The van der Waals surface area contributed by atoms with Crippen LogP contribution in [0, 0.1) is 3.57 Å². The third-order valence-corrected chi connectivity index (χ3v) is 5.50. The average molecular weight is 419 g/mol. The predicted octanol–water partition coefficient (Wildman–Crippen LogP) is 3.84. The molecule has 2 heterocycles. The normalized spacial score (nSPS) is 11.3. The number of imidazole rings is 1. The first kappa shape index (κ1) is 13.8. The minimum absolute atomic E-state index is 0.390. The lowest BCUT2D eigenvalue weighted by Crippen LogP contribution is -1.91. The van der Waals surface area contributed by atoms with Crippen LogP contribution in [0.15, 0.2) is 52.8 Å². The second kappa shape index (κ2) is 5.40. The SMILES string of the molecule is Nc1ncnc2[nH]c(Sc3cc4ccccc4cc3I)nc12. The number of aromatic amines is 1. The number of nitrogens with zero attached hydrogens (tertiary/aromatic N) is 3. The Bertz CT molecular complexity index is 998. The maximum Gasteiger partial charge on any atom is 0.172 e. The number of hydrogen-bond acceptors (Lipinski definition) is 5. The van der Waals surface area contributed by atoms with Gasteiger partial charge in [-0.25, -0.2) is 15.0 Å². The molecule has 0 spiro atoms. The van der Waals surface area contributed by atoms with E-state index in [9.17, 15) is 0 Å². The van der Waals surface area contributed by atoms with Crippen LogP contribution in [0.5, 0.6) is 0 Å². The van der Waals surface area contributed by atoms with E-state index in [4.69, 9.17) is 5.73 Å². The maximum absolute atomic E-state index is 5.82. The smallest absolute Gasteiger partial charge is 0.172 e. The molecule has 0 bridgehead atoms. The van der Waals surface area contributed by atoms with Crippen molar-refractivity contribution < 1.29 is 0 Å². The Morgan fingerprint density at radius 3 is 2.64 bits per heavy atom. The molecule has 0 radical (unpaired) electrons. The van der Waals surface area contributed by atoms with Gasteiger partial charge in [0.2, 0.25) is 0 Å². The number of rotatable bonds is 2. The molecule has 108 valence electrons. The van der Waals surface area contributed by atoms with Crippen molar-refractivity contribution in [3.05, 3.63) is 46.3 Å². The molecule has 5 nitrogen and oxygen atoms in total. The quantitative estimate of drug-likeness (QED) is 0.483. The summed E-state index contributed by atoms with van der Waals surface area (Å²) in [5.74, 6) is 0.390. The topological polar surface area (TPSA) is 80.5 Å². The first-order valence-electron chi connectivity index (χ1n) is 6.53. The summed E-state index contributed by atoms with van der Waals surface area (Å²) < 4.78 is 1.18. The van der Waals surface area contributed by atoms with Crippen molar-refractivity contribution in [2.45, 2.75) is 10.1 Å². The second-order valence-electron chi connectivity index (χ2n) is 4.73. The molecule has 0 saturated heterocycles. The Labute approximate surface area is 143 Å². The van der Waals surface area contributed by atoms with E-state index in [0.717, 1.165) is 10.1 Å². The monoisotopic (exact) mass is 419 g/mol. The first-order chi connectivity index (χ1) is 10.7. The van der Waals surface area contributed by atoms with E-state index in [1.165, 1.54) is 20.7 Å². The molecule has 2 aromatic carbocycles. The number of nitrogens with one attached hydrogen (secondary N) is 1. The Balaban J connectivity index is 1.78. The van der Waals surface area contributed by atoms with Gasteiger partial charge in [-0.05, 0) is 45.5 Å². The van der Waals surface area contributed by atoms with Crippen LogP contribution < -0.4 is 5.73 Å². The number of anilines is 1. The molecular formula is C15H10IN5S. The van der Waals surface area contributed by atoms with E-state index in [2.05, 4.69) is 66.8 Å². The highest BCUT2D eigenvalue weighted by atomic mass is 127. The molecule has 0 amide bonds. The van der Waals surface area contributed by atoms with Crippen molar-refractivity contribution in [1.82, 2.24) is 19.9 Å². The molecule has 22 heavy (non-hydrogen) atoms. The molecule has 0 aliphatic heterocycles. The largest absolute Gasteiger partial charge is 0.382 e. The number of H-pyrrole nitrogens is 1. The summed E-state index contributed by atoms with van der Waals surface area (Å²) in [6.45, 7) is 0. The lowest BCUT2D eigenvalue weighted by molar-refractivity contribution is 1.07. The molecule has 0 saturated carbocycles. The molecule has 0 atom stereocenters. The fourth-order valence-electron chi connectivity index (χ4n) is 2.25. The van der Waals surface area contributed by atoms with E-state index in [0.29, 0.717) is 17.0 Å². The lowest BCUT2D eigenvalue weighted by Gasteiger charge is -2.05. The zero-order chi connectivity index (χ0) is 15.1. The molecule has 4 aromatic rings. The minimum Gasteiger partial charge on any atom is -0.382 e. The van der Waals surface area contributed by atoms with Crippen LogP contribution >= 0.6 is 34.4 Å². The molecule has 0 aliphatic carbocycles. The van der Waals surface area contributed by atoms with E-state index < -0.39 is 0 Å². The zero-order valence-corrected chi connectivity index (χ0v) is 14.2. The highest BCUT2D eigenvalue weighted by Gasteiger charge is 2.11. The van der Waals surface area contributed by atoms with Crippen molar-refractivity contribution >= 4 is 62.1 Å². The van der Waals surface area contributed by atoms with Gasteiger partial charge in [-0.2, -0.15) is 0 Å². The van der Waals surface area contributed by atoms with Gasteiger partial charge in [0.05, 0.1) is 0 Å². The highest BCUT2D eigenvalue weighted by Crippen LogP contribution is 2.33. The zero-order valence-electron chi connectivity index (χ0n) is 11.2. The Hall–Kier alpha value is -1.87. The molecule has 3 N–H and O–H groups in total. The standard InChI is InChI=1S/C15H10IN5S/c16-10-5-8-3-1-2-4-9(8)6-11(10)22-15-20-12-13(17)18-7-19-14(12)21-15/h1-7H,(H3,17,18,19,20,21). The fraction of sp³-hybridized carbons (Fsp3) is 0. The highest BCUT2D eigenvalue weighted by molar-refractivity contribution is 14.1. The van der Waals surface area contributed by atoms with Gasteiger partial charge in [-0.1, -0.05) is 36.0 Å². The number of aromatic nitrogens is 4. The summed E-state index contributed by atoms with van der Waals surface area (Å²) in [6, 6.07) is 12.7. The summed E-state index contributed by atoms with van der Waals surface area (Å²) in [6.07, 6.45) is 1.43. The third kappa shape index (κ3) is 2.40. The van der Waals surface area contributed by atoms with Gasteiger partial charge in [-0.3, -0.25) is 0 Å². The van der Waals surface area contributed by atoms with E-state index >= 15 is 0 Å². The van der Waals surface area contributed by atoms with Gasteiger partial charge >= 0.3 is 0 Å². The summed E-state index contributed by atoms with van der Waals surface area (Å²) in [5, 5.41) is 3.20. The molecular weight excluding hydrogens is 409 g/mol. The molecule has 7 heteroatoms. The molecule has 2 aromatic heterocycles.